The summed E-state index contributed by atoms with van der Waals surface area (Å²) in [7, 11) is -3.77. The third-order valence-electron chi connectivity index (χ3n) is 4.48. The summed E-state index contributed by atoms with van der Waals surface area (Å²) in [5.41, 5.74) is 0. The second kappa shape index (κ2) is 5.69. The molecule has 1 aromatic heterocycles. The van der Waals surface area contributed by atoms with Gasteiger partial charge in [0.25, 0.3) is 0 Å². The molecule has 4 rings (SSSR count). The minimum Gasteiger partial charge on any atom is -0.247 e. The van der Waals surface area contributed by atoms with Crippen LogP contribution in [-0.2, 0) is 16.6 Å². The van der Waals surface area contributed by atoms with E-state index in [1.807, 2.05) is 11.6 Å². The lowest BCUT2D eigenvalue weighted by molar-refractivity contribution is 0.265. The first kappa shape index (κ1) is 16.3. The monoisotopic (exact) mass is 386 g/mol. The predicted octanol–water partition coefficient (Wildman–Crippen LogP) is 3.23. The summed E-state index contributed by atoms with van der Waals surface area (Å²) in [5.74, 6) is 1.95. The Morgan fingerprint density at radius 1 is 1.21 bits per heavy atom. The van der Waals surface area contributed by atoms with Crippen LogP contribution in [0, 0.1) is 0 Å². The summed E-state index contributed by atoms with van der Waals surface area (Å²) in [4.78, 5) is 4.60. The molecule has 9 heteroatoms. The van der Waals surface area contributed by atoms with Gasteiger partial charge in [-0.15, -0.1) is 0 Å². The van der Waals surface area contributed by atoms with Crippen LogP contribution in [0.5, 0.6) is 0 Å². The van der Waals surface area contributed by atoms with Crippen LogP contribution in [0.3, 0.4) is 0 Å². The number of hydrogen-bond donors (Lipinski definition) is 0. The van der Waals surface area contributed by atoms with Crippen molar-refractivity contribution >= 4 is 33.2 Å². The summed E-state index contributed by atoms with van der Waals surface area (Å²) in [6.45, 7) is 2.63. The number of hydrogen-bond acceptors (Lipinski definition) is 4. The van der Waals surface area contributed by atoms with Gasteiger partial charge < -0.3 is 0 Å². The van der Waals surface area contributed by atoms with E-state index in [9.17, 15) is 8.42 Å². The lowest BCUT2D eigenvalue weighted by atomic mass is 10.2. The molecule has 24 heavy (non-hydrogen) atoms. The zero-order chi connectivity index (χ0) is 17.1. The zero-order valence-corrected chi connectivity index (χ0v) is 15.3. The fourth-order valence-electron chi connectivity index (χ4n) is 3.01. The summed E-state index contributed by atoms with van der Waals surface area (Å²) in [5, 5.41) is 5.02. The van der Waals surface area contributed by atoms with Crippen LogP contribution in [-0.4, -0.2) is 34.0 Å². The number of sulfonamides is 1. The van der Waals surface area contributed by atoms with Crippen molar-refractivity contribution in [3.63, 3.8) is 0 Å². The van der Waals surface area contributed by atoms with E-state index in [4.69, 9.17) is 23.2 Å². The van der Waals surface area contributed by atoms with Crippen LogP contribution in [0.15, 0.2) is 23.1 Å². The Bertz CT molecular complexity index is 908. The van der Waals surface area contributed by atoms with Crippen molar-refractivity contribution in [3.05, 3.63) is 39.9 Å². The quantitative estimate of drug-likeness (QED) is 0.811. The number of rotatable bonds is 3. The van der Waals surface area contributed by atoms with Gasteiger partial charge in [0.15, 0.2) is 5.82 Å². The lowest BCUT2D eigenvalue weighted by Crippen LogP contribution is -2.41. The highest BCUT2D eigenvalue weighted by Crippen LogP contribution is 2.40. The van der Waals surface area contributed by atoms with Gasteiger partial charge in [0.2, 0.25) is 10.0 Å². The molecule has 1 aromatic carbocycles. The molecule has 2 heterocycles. The molecule has 0 saturated heterocycles. The highest BCUT2D eigenvalue weighted by atomic mass is 35.5. The third kappa shape index (κ3) is 2.63. The molecule has 0 amide bonds. The average Bonchev–Trinajstić information content (AvgIpc) is 3.29. The van der Waals surface area contributed by atoms with Crippen LogP contribution in [0.2, 0.25) is 10.0 Å². The summed E-state index contributed by atoms with van der Waals surface area (Å²) < 4.78 is 29.4. The Morgan fingerprint density at radius 2 is 1.96 bits per heavy atom. The van der Waals surface area contributed by atoms with Gasteiger partial charge in [-0.25, -0.2) is 18.1 Å². The van der Waals surface area contributed by atoms with Crippen LogP contribution < -0.4 is 0 Å². The maximum atomic E-state index is 13.1. The van der Waals surface area contributed by atoms with Crippen LogP contribution in [0.4, 0.5) is 0 Å². The first-order chi connectivity index (χ1) is 11.4. The molecule has 0 unspecified atom stereocenters. The fourth-order valence-corrected chi connectivity index (χ4v) is 5.33. The maximum absolute atomic E-state index is 13.1. The summed E-state index contributed by atoms with van der Waals surface area (Å²) in [6.07, 6.45) is 2.22. The molecule has 0 N–H and O–H groups in total. The molecular weight excluding hydrogens is 371 g/mol. The van der Waals surface area contributed by atoms with Crippen molar-refractivity contribution in [1.82, 2.24) is 19.1 Å². The van der Waals surface area contributed by atoms with Gasteiger partial charge in [0.1, 0.15) is 10.7 Å². The van der Waals surface area contributed by atoms with E-state index < -0.39 is 16.1 Å². The van der Waals surface area contributed by atoms with Crippen molar-refractivity contribution in [2.24, 2.45) is 0 Å². The first-order valence-corrected chi connectivity index (χ1v) is 9.99. The van der Waals surface area contributed by atoms with Gasteiger partial charge in [-0.1, -0.05) is 23.2 Å². The minimum atomic E-state index is -3.77. The Kier molecular flexibility index (Phi) is 3.87. The molecule has 2 aromatic rings. The van der Waals surface area contributed by atoms with E-state index >= 15 is 0 Å². The van der Waals surface area contributed by atoms with Gasteiger partial charge in [-0.05, 0) is 38.0 Å². The van der Waals surface area contributed by atoms with Gasteiger partial charge >= 0.3 is 0 Å². The number of halogens is 2. The number of benzene rings is 1. The molecule has 1 aliphatic heterocycles. The second-order valence-corrected chi connectivity index (χ2v) is 8.89. The van der Waals surface area contributed by atoms with E-state index in [1.54, 1.807) is 6.07 Å². The molecule has 0 radical (unpaired) electrons. The Balaban J connectivity index is 1.72. The smallest absolute Gasteiger partial charge is 0.245 e. The van der Waals surface area contributed by atoms with Crippen molar-refractivity contribution in [2.75, 3.05) is 6.54 Å². The first-order valence-electron chi connectivity index (χ1n) is 7.79. The van der Waals surface area contributed by atoms with E-state index in [1.165, 1.54) is 16.4 Å². The van der Waals surface area contributed by atoms with Gasteiger partial charge in [-0.3, -0.25) is 0 Å². The Labute approximate surface area is 150 Å². The van der Waals surface area contributed by atoms with E-state index in [2.05, 4.69) is 10.1 Å². The molecule has 1 saturated carbocycles. The third-order valence-corrected chi connectivity index (χ3v) is 7.16. The average molecular weight is 387 g/mol. The maximum Gasteiger partial charge on any atom is 0.245 e. The zero-order valence-electron chi connectivity index (χ0n) is 13.0. The molecule has 1 aliphatic carbocycles. The Morgan fingerprint density at radius 3 is 2.67 bits per heavy atom. The van der Waals surface area contributed by atoms with Gasteiger partial charge in [0, 0.05) is 17.5 Å². The second-order valence-electron chi connectivity index (χ2n) is 6.19. The lowest BCUT2D eigenvalue weighted by Gasteiger charge is -2.32. The van der Waals surface area contributed by atoms with Crippen LogP contribution >= 0.6 is 23.2 Å². The molecule has 0 spiro atoms. The minimum absolute atomic E-state index is 0.0268. The molecule has 1 fully saturated rings. The molecule has 1 atom stereocenters. The molecule has 0 bridgehead atoms. The van der Waals surface area contributed by atoms with Gasteiger partial charge in [-0.2, -0.15) is 9.40 Å². The van der Waals surface area contributed by atoms with Crippen molar-refractivity contribution < 1.29 is 8.42 Å². The largest absolute Gasteiger partial charge is 0.247 e. The van der Waals surface area contributed by atoms with E-state index in [0.717, 1.165) is 18.7 Å². The number of aromatic nitrogens is 3. The summed E-state index contributed by atoms with van der Waals surface area (Å²) >= 11 is 12.1. The topological polar surface area (TPSA) is 68.1 Å². The molecule has 6 nitrogen and oxygen atoms in total. The van der Waals surface area contributed by atoms with E-state index in [-0.39, 0.29) is 9.92 Å². The molecule has 128 valence electrons. The molecular formula is C15H16Cl2N4O2S. The summed E-state index contributed by atoms with van der Waals surface area (Å²) in [6, 6.07) is 4.06. The van der Waals surface area contributed by atoms with Crippen molar-refractivity contribution in [3.8, 4) is 0 Å². The van der Waals surface area contributed by atoms with Crippen molar-refractivity contribution in [2.45, 2.75) is 43.2 Å². The van der Waals surface area contributed by atoms with Crippen LogP contribution in [0.25, 0.3) is 0 Å². The molecule has 2 aliphatic rings. The standard InChI is InChI=1S/C15H16Cl2N4O2S/c1-9-15-18-14(10-2-3-10)19-20(15)6-7-21(9)24(22,23)13-8-11(16)4-5-12(13)17/h4-5,8-10H,2-3,6-7H2,1H3/t9-/m1/s1. The van der Waals surface area contributed by atoms with Gasteiger partial charge in [0.05, 0.1) is 17.6 Å². The normalized spacial score (nSPS) is 21.7. The number of fused-ring (bicyclic) bond motifs is 1. The van der Waals surface area contributed by atoms with Crippen molar-refractivity contribution in [1.29, 1.82) is 0 Å². The number of nitrogens with zero attached hydrogens (tertiary/aromatic N) is 4. The predicted molar refractivity (Wildman–Crippen MR) is 90.8 cm³/mol. The van der Waals surface area contributed by atoms with E-state index in [0.29, 0.717) is 29.9 Å². The highest BCUT2D eigenvalue weighted by molar-refractivity contribution is 7.89. The highest BCUT2D eigenvalue weighted by Gasteiger charge is 2.38. The Hall–Kier alpha value is -1.15. The SMILES string of the molecule is C[C@@H]1c2nc(C3CC3)nn2CCN1S(=O)(=O)c1cc(Cl)ccc1Cl. The van der Waals surface area contributed by atoms with Crippen LogP contribution in [0.1, 0.15) is 43.4 Å². The fraction of sp³-hybridized carbons (Fsp3) is 0.467.